The number of para-hydroxylation sites is 1. The van der Waals surface area contributed by atoms with Crippen molar-refractivity contribution in [1.82, 2.24) is 14.3 Å². The van der Waals surface area contributed by atoms with E-state index in [0.29, 0.717) is 17.4 Å². The van der Waals surface area contributed by atoms with E-state index < -0.39 is 0 Å². The first kappa shape index (κ1) is 17.5. The predicted octanol–water partition coefficient (Wildman–Crippen LogP) is 2.46. The Hall–Kier alpha value is -1.37. The van der Waals surface area contributed by atoms with Crippen LogP contribution in [0.2, 0.25) is 5.02 Å². The van der Waals surface area contributed by atoms with Gasteiger partial charge in [0, 0.05) is 7.05 Å². The number of hydrogen-bond acceptors (Lipinski definition) is 3. The highest BCUT2D eigenvalue weighted by atomic mass is 35.5. The van der Waals surface area contributed by atoms with E-state index in [1.165, 1.54) is 25.9 Å². The van der Waals surface area contributed by atoms with E-state index in [4.69, 9.17) is 28.6 Å². The van der Waals surface area contributed by atoms with Crippen LogP contribution in [0.4, 0.5) is 0 Å². The van der Waals surface area contributed by atoms with E-state index in [1.54, 1.807) is 4.90 Å². The highest BCUT2D eigenvalue weighted by Gasteiger charge is 2.20. The van der Waals surface area contributed by atoms with Gasteiger partial charge in [0.05, 0.1) is 18.1 Å². The first-order valence-corrected chi connectivity index (χ1v) is 9.17. The summed E-state index contributed by atoms with van der Waals surface area (Å²) >= 11 is 11.7. The Kier molecular flexibility index (Phi) is 5.58. The highest BCUT2D eigenvalue weighted by Crippen LogP contribution is 2.23. The summed E-state index contributed by atoms with van der Waals surface area (Å²) in [7, 11) is 1.94. The maximum Gasteiger partial charge on any atom is 0.202 e. The number of ether oxygens (including phenoxy) is 1. The van der Waals surface area contributed by atoms with Gasteiger partial charge in [-0.05, 0) is 43.1 Å². The van der Waals surface area contributed by atoms with Crippen molar-refractivity contribution in [3.63, 3.8) is 0 Å². The molecule has 0 bridgehead atoms. The average Bonchev–Trinajstić information content (AvgIpc) is 2.84. The Bertz CT molecular complexity index is 749. The van der Waals surface area contributed by atoms with Crippen LogP contribution in [0, 0.1) is 10.7 Å². The summed E-state index contributed by atoms with van der Waals surface area (Å²) in [5.74, 6) is 2.31. The van der Waals surface area contributed by atoms with E-state index in [1.807, 2.05) is 40.6 Å². The van der Waals surface area contributed by atoms with Gasteiger partial charge in [-0.15, -0.1) is 5.10 Å². The molecule has 0 aliphatic carbocycles. The molecule has 1 aliphatic heterocycles. The van der Waals surface area contributed by atoms with E-state index in [0.717, 1.165) is 23.2 Å². The van der Waals surface area contributed by atoms with E-state index >= 15 is 0 Å². The largest absolute Gasteiger partial charge is 0.484 e. The summed E-state index contributed by atoms with van der Waals surface area (Å²) in [6.45, 7) is 5.87. The number of piperidine rings is 1. The minimum atomic E-state index is 0.350. The molecule has 1 N–H and O–H groups in total. The van der Waals surface area contributed by atoms with Crippen LogP contribution in [0.1, 0.15) is 25.6 Å². The Morgan fingerprint density at radius 2 is 2.04 bits per heavy atom. The number of likely N-dealkylation sites (tertiary alicyclic amines) is 1. The van der Waals surface area contributed by atoms with Gasteiger partial charge in [0.25, 0.3) is 0 Å². The zero-order chi connectivity index (χ0) is 17.1. The minimum absolute atomic E-state index is 0.350. The highest BCUT2D eigenvalue weighted by molar-refractivity contribution is 7.71. The van der Waals surface area contributed by atoms with Crippen molar-refractivity contribution in [3.05, 3.63) is 39.9 Å². The first-order chi connectivity index (χ1) is 11.5. The second kappa shape index (κ2) is 7.68. The number of quaternary nitrogens is 1. The van der Waals surface area contributed by atoms with Crippen molar-refractivity contribution in [2.75, 3.05) is 13.1 Å². The summed E-state index contributed by atoms with van der Waals surface area (Å²) in [4.78, 5) is 1.54. The summed E-state index contributed by atoms with van der Waals surface area (Å²) in [6.07, 6.45) is 2.55. The van der Waals surface area contributed by atoms with Crippen molar-refractivity contribution >= 4 is 23.8 Å². The molecule has 1 aromatic heterocycles. The molecule has 0 amide bonds. The van der Waals surface area contributed by atoms with Gasteiger partial charge < -0.3 is 14.2 Å². The molecule has 0 saturated carbocycles. The number of aromatic nitrogens is 3. The maximum absolute atomic E-state index is 6.13. The molecule has 0 atom stereocenters. The number of benzene rings is 1. The molecule has 3 rings (SSSR count). The van der Waals surface area contributed by atoms with E-state index in [-0.39, 0.29) is 0 Å². The fourth-order valence-electron chi connectivity index (χ4n) is 3.01. The zero-order valence-electron chi connectivity index (χ0n) is 14.2. The maximum atomic E-state index is 6.13. The molecule has 1 aromatic carbocycles. The molecule has 1 fully saturated rings. The molecule has 7 heteroatoms. The molecule has 0 radical (unpaired) electrons. The van der Waals surface area contributed by atoms with Gasteiger partial charge in [-0.1, -0.05) is 30.7 Å². The fraction of sp³-hybridized carbons (Fsp3) is 0.529. The van der Waals surface area contributed by atoms with Gasteiger partial charge >= 0.3 is 0 Å². The second-order valence-electron chi connectivity index (χ2n) is 6.57. The zero-order valence-corrected chi connectivity index (χ0v) is 15.7. The standard InChI is InChI=1S/C17H23ClN4OS/c1-13-7-9-21(10-8-13)12-22-17(24)20(2)16(19-22)11-23-15-6-4-3-5-14(15)18/h3-6,13H,7-12H2,1-2H3/p+1. The molecule has 2 aromatic rings. The SMILES string of the molecule is CC1CC[NH+](Cn2nc(COc3ccccc3Cl)n(C)c2=S)CC1. The summed E-state index contributed by atoms with van der Waals surface area (Å²) in [5.41, 5.74) is 0. The van der Waals surface area contributed by atoms with E-state index in [9.17, 15) is 0 Å². The normalized spacial score (nSPS) is 21.0. The number of nitrogens with one attached hydrogen (secondary N) is 1. The topological polar surface area (TPSA) is 36.4 Å². The molecule has 2 heterocycles. The predicted molar refractivity (Wildman–Crippen MR) is 96.9 cm³/mol. The van der Waals surface area contributed by atoms with E-state index in [2.05, 4.69) is 12.0 Å². The Balaban J connectivity index is 1.67. The van der Waals surface area contributed by atoms with Crippen LogP contribution in [0.25, 0.3) is 0 Å². The van der Waals surface area contributed by atoms with Crippen LogP contribution < -0.4 is 9.64 Å². The Labute approximate surface area is 152 Å². The molecule has 1 saturated heterocycles. The quantitative estimate of drug-likeness (QED) is 0.825. The number of nitrogens with zero attached hydrogens (tertiary/aromatic N) is 3. The minimum Gasteiger partial charge on any atom is -0.484 e. The van der Waals surface area contributed by atoms with Gasteiger partial charge in [0.2, 0.25) is 4.77 Å². The number of hydrogen-bond donors (Lipinski definition) is 1. The van der Waals surface area contributed by atoms with Gasteiger partial charge in [-0.3, -0.25) is 0 Å². The van der Waals surface area contributed by atoms with Crippen LogP contribution in [0.3, 0.4) is 0 Å². The molecule has 0 unspecified atom stereocenters. The third-order valence-electron chi connectivity index (χ3n) is 4.68. The number of halogens is 1. The summed E-state index contributed by atoms with van der Waals surface area (Å²) < 4.78 is 10.4. The molecule has 130 valence electrons. The third-order valence-corrected chi connectivity index (χ3v) is 5.48. The van der Waals surface area contributed by atoms with Gasteiger partial charge in [0.15, 0.2) is 12.5 Å². The van der Waals surface area contributed by atoms with Crippen LogP contribution in [-0.4, -0.2) is 27.4 Å². The summed E-state index contributed by atoms with van der Waals surface area (Å²) in [6, 6.07) is 7.45. The Morgan fingerprint density at radius 3 is 2.75 bits per heavy atom. The molecule has 1 aliphatic rings. The lowest BCUT2D eigenvalue weighted by Crippen LogP contribution is -3.12. The van der Waals surface area contributed by atoms with Crippen molar-refractivity contribution in [3.8, 4) is 5.75 Å². The molecule has 24 heavy (non-hydrogen) atoms. The van der Waals surface area contributed by atoms with Crippen molar-refractivity contribution < 1.29 is 9.64 Å². The lowest BCUT2D eigenvalue weighted by molar-refractivity contribution is -0.929. The van der Waals surface area contributed by atoms with Gasteiger partial charge in [-0.25, -0.2) is 0 Å². The van der Waals surface area contributed by atoms with Crippen molar-refractivity contribution in [1.29, 1.82) is 0 Å². The first-order valence-electron chi connectivity index (χ1n) is 8.38. The van der Waals surface area contributed by atoms with Crippen LogP contribution in [-0.2, 0) is 20.3 Å². The smallest absolute Gasteiger partial charge is 0.202 e. The molecule has 5 nitrogen and oxygen atoms in total. The third kappa shape index (κ3) is 3.99. The van der Waals surface area contributed by atoms with Crippen LogP contribution in [0.15, 0.2) is 24.3 Å². The lowest BCUT2D eigenvalue weighted by atomic mass is 10.00. The average molecular weight is 368 g/mol. The van der Waals surface area contributed by atoms with Crippen molar-refractivity contribution in [2.24, 2.45) is 13.0 Å². The summed E-state index contributed by atoms with van der Waals surface area (Å²) in [5, 5.41) is 5.26. The van der Waals surface area contributed by atoms with Gasteiger partial charge in [0.1, 0.15) is 12.4 Å². The van der Waals surface area contributed by atoms with Crippen LogP contribution >= 0.6 is 23.8 Å². The second-order valence-corrected chi connectivity index (χ2v) is 7.34. The van der Waals surface area contributed by atoms with Crippen LogP contribution in [0.5, 0.6) is 5.75 Å². The molecule has 0 spiro atoms. The molecular formula is C17H24ClN4OS+. The van der Waals surface area contributed by atoms with Crippen molar-refractivity contribution in [2.45, 2.75) is 33.0 Å². The van der Waals surface area contributed by atoms with Gasteiger partial charge in [-0.2, -0.15) is 4.68 Å². The number of rotatable bonds is 5. The molecular weight excluding hydrogens is 344 g/mol. The lowest BCUT2D eigenvalue weighted by Gasteiger charge is -2.26. The Morgan fingerprint density at radius 1 is 1.33 bits per heavy atom. The monoisotopic (exact) mass is 367 g/mol. The fourth-order valence-corrected chi connectivity index (χ4v) is 3.41.